The van der Waals surface area contributed by atoms with Gasteiger partial charge in [0.25, 0.3) is 0 Å². The number of rotatable bonds is 12. The van der Waals surface area contributed by atoms with Crippen LogP contribution in [-0.4, -0.2) is 39.4 Å². The SMILES string of the molecule is CC(C)C(NC(=O)CCc1ccccc1)P(=O)(O)C(C)(CCCCN)C(=O)O. The predicted molar refractivity (Wildman–Crippen MR) is 110 cm³/mol. The number of aryl methyl sites for hydroxylation is 1. The fraction of sp³-hybridized carbons (Fsp3) is 0.600. The Bertz CT molecular complexity index is 695. The summed E-state index contributed by atoms with van der Waals surface area (Å²) in [5, 5.41) is 10.5. The van der Waals surface area contributed by atoms with E-state index in [1.54, 1.807) is 13.8 Å². The van der Waals surface area contributed by atoms with Gasteiger partial charge in [0, 0.05) is 6.42 Å². The van der Waals surface area contributed by atoms with Crippen molar-refractivity contribution in [3.05, 3.63) is 35.9 Å². The molecule has 3 atom stereocenters. The molecule has 1 aromatic rings. The summed E-state index contributed by atoms with van der Waals surface area (Å²) in [6.07, 6.45) is 1.68. The zero-order valence-corrected chi connectivity index (χ0v) is 17.8. The van der Waals surface area contributed by atoms with E-state index >= 15 is 0 Å². The topological polar surface area (TPSA) is 130 Å². The van der Waals surface area contributed by atoms with E-state index in [0.717, 1.165) is 5.56 Å². The lowest BCUT2D eigenvalue weighted by atomic mass is 10.0. The largest absolute Gasteiger partial charge is 0.480 e. The highest BCUT2D eigenvalue weighted by molar-refractivity contribution is 7.61. The molecule has 3 unspecified atom stereocenters. The first-order chi connectivity index (χ1) is 13.1. The third-order valence-electron chi connectivity index (χ3n) is 5.09. The molecule has 8 heteroatoms. The molecule has 0 bridgehead atoms. The summed E-state index contributed by atoms with van der Waals surface area (Å²) >= 11 is 0. The van der Waals surface area contributed by atoms with Gasteiger partial charge in [-0.05, 0) is 44.2 Å². The van der Waals surface area contributed by atoms with Crippen LogP contribution >= 0.6 is 7.37 Å². The molecule has 0 spiro atoms. The van der Waals surface area contributed by atoms with E-state index in [2.05, 4.69) is 5.32 Å². The molecule has 0 fully saturated rings. The van der Waals surface area contributed by atoms with Crippen LogP contribution in [0, 0.1) is 5.92 Å². The highest BCUT2D eigenvalue weighted by Gasteiger charge is 2.54. The van der Waals surface area contributed by atoms with Gasteiger partial charge in [-0.1, -0.05) is 50.6 Å². The number of carbonyl (C=O) groups is 2. The summed E-state index contributed by atoms with van der Waals surface area (Å²) in [6, 6.07) is 9.46. The number of carbonyl (C=O) groups excluding carboxylic acids is 1. The number of nitrogens with two attached hydrogens (primary N) is 1. The molecule has 28 heavy (non-hydrogen) atoms. The summed E-state index contributed by atoms with van der Waals surface area (Å²) in [7, 11) is -4.30. The van der Waals surface area contributed by atoms with Gasteiger partial charge in [0.1, 0.15) is 10.9 Å². The first kappa shape index (κ1) is 24.3. The van der Waals surface area contributed by atoms with Crippen molar-refractivity contribution in [2.45, 2.75) is 63.8 Å². The van der Waals surface area contributed by atoms with Crippen molar-refractivity contribution in [1.29, 1.82) is 0 Å². The minimum Gasteiger partial charge on any atom is -0.480 e. The molecule has 158 valence electrons. The molecule has 0 saturated heterocycles. The number of unbranched alkanes of at least 4 members (excludes halogenated alkanes) is 1. The molecule has 0 aliphatic rings. The van der Waals surface area contributed by atoms with Crippen LogP contribution in [0.15, 0.2) is 30.3 Å². The third-order valence-corrected chi connectivity index (χ3v) is 8.40. The Hall–Kier alpha value is -1.69. The molecule has 0 aliphatic carbocycles. The first-order valence-electron chi connectivity index (χ1n) is 9.65. The number of hydrogen-bond donors (Lipinski definition) is 4. The number of benzene rings is 1. The van der Waals surface area contributed by atoms with Gasteiger partial charge in [0.2, 0.25) is 13.3 Å². The van der Waals surface area contributed by atoms with Crippen LogP contribution in [0.3, 0.4) is 0 Å². The van der Waals surface area contributed by atoms with E-state index < -0.39 is 30.2 Å². The Morgan fingerprint density at radius 1 is 1.21 bits per heavy atom. The van der Waals surface area contributed by atoms with E-state index in [9.17, 15) is 24.2 Å². The molecule has 7 nitrogen and oxygen atoms in total. The normalized spacial score (nSPS) is 16.8. The van der Waals surface area contributed by atoms with Crippen molar-refractivity contribution < 1.29 is 24.2 Å². The van der Waals surface area contributed by atoms with Crippen molar-refractivity contribution in [3.63, 3.8) is 0 Å². The molecular formula is C20H33N2O5P. The summed E-state index contributed by atoms with van der Waals surface area (Å²) in [4.78, 5) is 35.2. The van der Waals surface area contributed by atoms with Crippen molar-refractivity contribution in [2.75, 3.05) is 6.54 Å². The Morgan fingerprint density at radius 3 is 2.32 bits per heavy atom. The fourth-order valence-corrected chi connectivity index (χ4v) is 5.62. The molecule has 0 heterocycles. The lowest BCUT2D eigenvalue weighted by Crippen LogP contribution is -2.47. The smallest absolute Gasteiger partial charge is 0.319 e. The van der Waals surface area contributed by atoms with E-state index in [-0.39, 0.29) is 18.7 Å². The lowest BCUT2D eigenvalue weighted by Gasteiger charge is -2.37. The zero-order valence-electron chi connectivity index (χ0n) is 16.9. The van der Waals surface area contributed by atoms with Crippen molar-refractivity contribution in [2.24, 2.45) is 11.7 Å². The number of nitrogens with one attached hydrogen (secondary N) is 1. The van der Waals surface area contributed by atoms with Crippen molar-refractivity contribution in [3.8, 4) is 0 Å². The van der Waals surface area contributed by atoms with Gasteiger partial charge in [-0.15, -0.1) is 0 Å². The summed E-state index contributed by atoms with van der Waals surface area (Å²) in [6.45, 7) is 5.08. The first-order valence-corrected chi connectivity index (χ1v) is 11.4. The summed E-state index contributed by atoms with van der Waals surface area (Å²) < 4.78 is 13.4. The predicted octanol–water partition coefficient (Wildman–Crippen LogP) is 2.96. The maximum atomic E-state index is 13.4. The molecule has 0 aliphatic heterocycles. The van der Waals surface area contributed by atoms with Gasteiger partial charge in [0.05, 0.1) is 0 Å². The van der Waals surface area contributed by atoms with Gasteiger partial charge in [0.15, 0.2) is 0 Å². The van der Waals surface area contributed by atoms with Crippen LogP contribution < -0.4 is 11.1 Å². The number of amides is 1. The van der Waals surface area contributed by atoms with Crippen LogP contribution in [0.2, 0.25) is 0 Å². The van der Waals surface area contributed by atoms with E-state index in [1.807, 2.05) is 30.3 Å². The molecule has 1 amide bonds. The second-order valence-electron chi connectivity index (χ2n) is 7.69. The number of carboxylic acid groups (broad SMARTS) is 1. The average molecular weight is 412 g/mol. The second kappa shape index (κ2) is 10.7. The van der Waals surface area contributed by atoms with Crippen LogP contribution in [-0.2, 0) is 20.6 Å². The third kappa shape index (κ3) is 6.16. The monoisotopic (exact) mass is 412 g/mol. The number of carboxylic acids is 1. The minimum absolute atomic E-state index is 0.0242. The molecule has 1 aromatic carbocycles. The van der Waals surface area contributed by atoms with Crippen molar-refractivity contribution >= 4 is 19.2 Å². The van der Waals surface area contributed by atoms with Crippen LogP contribution in [0.4, 0.5) is 0 Å². The standard InChI is InChI=1S/C20H33N2O5P/c1-15(2)18(22-17(23)12-11-16-9-5-4-6-10-16)28(26,27)20(3,19(24)25)13-7-8-14-21/h4-6,9-10,15,18H,7-8,11-14,21H2,1-3H3,(H,22,23)(H,24,25)(H,26,27). The Kier molecular flexibility index (Phi) is 9.34. The van der Waals surface area contributed by atoms with E-state index in [1.165, 1.54) is 6.92 Å². The van der Waals surface area contributed by atoms with Crippen LogP contribution in [0.5, 0.6) is 0 Å². The van der Waals surface area contributed by atoms with Gasteiger partial charge in [-0.2, -0.15) is 0 Å². The van der Waals surface area contributed by atoms with Gasteiger partial charge < -0.3 is 21.1 Å². The summed E-state index contributed by atoms with van der Waals surface area (Å²) in [5.41, 5.74) is 6.45. The lowest BCUT2D eigenvalue weighted by molar-refractivity contribution is -0.140. The molecule has 0 saturated carbocycles. The maximum absolute atomic E-state index is 13.4. The second-order valence-corrected chi connectivity index (χ2v) is 10.5. The highest BCUT2D eigenvalue weighted by atomic mass is 31.2. The van der Waals surface area contributed by atoms with Crippen LogP contribution in [0.1, 0.15) is 52.0 Å². The van der Waals surface area contributed by atoms with Gasteiger partial charge >= 0.3 is 5.97 Å². The molecule has 0 radical (unpaired) electrons. The molecular weight excluding hydrogens is 379 g/mol. The minimum atomic E-state index is -4.30. The number of hydrogen-bond acceptors (Lipinski definition) is 4. The highest BCUT2D eigenvalue weighted by Crippen LogP contribution is 2.61. The summed E-state index contributed by atoms with van der Waals surface area (Å²) in [5.74, 6) is -3.23. The molecule has 5 N–H and O–H groups in total. The molecule has 0 aromatic heterocycles. The van der Waals surface area contributed by atoms with Gasteiger partial charge in [-0.25, -0.2) is 0 Å². The Labute approximate surface area is 167 Å². The number of aliphatic carboxylic acids is 1. The van der Waals surface area contributed by atoms with Gasteiger partial charge in [-0.3, -0.25) is 14.2 Å². The maximum Gasteiger partial charge on any atom is 0.319 e. The average Bonchev–Trinajstić information content (AvgIpc) is 2.64. The molecule has 1 rings (SSSR count). The fourth-order valence-electron chi connectivity index (χ4n) is 3.12. The Morgan fingerprint density at radius 2 is 1.82 bits per heavy atom. The van der Waals surface area contributed by atoms with E-state index in [0.29, 0.717) is 25.8 Å². The van der Waals surface area contributed by atoms with Crippen LogP contribution in [0.25, 0.3) is 0 Å². The van der Waals surface area contributed by atoms with Crippen molar-refractivity contribution in [1.82, 2.24) is 5.32 Å². The quantitative estimate of drug-likeness (QED) is 0.308. The van der Waals surface area contributed by atoms with E-state index in [4.69, 9.17) is 5.73 Å². The Balaban J connectivity index is 2.94. The zero-order chi connectivity index (χ0) is 21.4.